The monoisotopic (exact) mass is 317 g/mol. The van der Waals surface area contributed by atoms with Crippen LogP contribution in [-0.4, -0.2) is 28.0 Å². The van der Waals surface area contributed by atoms with E-state index in [1.165, 1.54) is 4.68 Å². The third kappa shape index (κ3) is 4.10. The van der Waals surface area contributed by atoms with Crippen molar-refractivity contribution >= 4 is 21.6 Å². The number of hydrogen-bond donors (Lipinski definition) is 2. The van der Waals surface area contributed by atoms with Gasteiger partial charge in [-0.2, -0.15) is 5.10 Å². The van der Waals surface area contributed by atoms with Gasteiger partial charge in [0.15, 0.2) is 0 Å². The highest BCUT2D eigenvalue weighted by Crippen LogP contribution is 2.16. The lowest BCUT2D eigenvalue weighted by atomic mass is 10.2. The van der Waals surface area contributed by atoms with Gasteiger partial charge in [0, 0.05) is 19.7 Å². The van der Waals surface area contributed by atoms with Crippen LogP contribution in [0.5, 0.6) is 0 Å². The number of halogens is 1. The number of nitrogens with zero attached hydrogens (tertiary/aromatic N) is 2. The van der Waals surface area contributed by atoms with Gasteiger partial charge in [-0.25, -0.2) is 4.68 Å². The van der Waals surface area contributed by atoms with Gasteiger partial charge in [0.2, 0.25) is 0 Å². The number of hydrogen-bond acceptors (Lipinski definition) is 4. The second-order valence-electron chi connectivity index (χ2n) is 4.42. The van der Waals surface area contributed by atoms with Crippen LogP contribution in [0, 0.1) is 5.92 Å². The van der Waals surface area contributed by atoms with Gasteiger partial charge in [-0.15, -0.1) is 0 Å². The summed E-state index contributed by atoms with van der Waals surface area (Å²) in [5.74, 6) is 0.138. The van der Waals surface area contributed by atoms with Gasteiger partial charge < -0.3 is 10.4 Å². The predicted molar refractivity (Wildman–Crippen MR) is 75.8 cm³/mol. The number of aliphatic hydroxyl groups excluding tert-OH is 1. The number of nitrogens with one attached hydrogen (secondary N) is 1. The van der Waals surface area contributed by atoms with Gasteiger partial charge in [-0.3, -0.25) is 4.79 Å². The predicted octanol–water partition coefficient (Wildman–Crippen LogP) is 1.85. The number of aliphatic hydroxyl groups is 1. The molecule has 0 saturated heterocycles. The molecule has 1 aromatic heterocycles. The van der Waals surface area contributed by atoms with Crippen molar-refractivity contribution in [3.8, 4) is 0 Å². The van der Waals surface area contributed by atoms with Crippen molar-refractivity contribution in [3.63, 3.8) is 0 Å². The second-order valence-corrected chi connectivity index (χ2v) is 5.22. The van der Waals surface area contributed by atoms with Crippen LogP contribution in [0.15, 0.2) is 15.5 Å². The fourth-order valence-corrected chi connectivity index (χ4v) is 1.85. The molecule has 5 nitrogen and oxygen atoms in total. The molecule has 2 N–H and O–H groups in total. The fraction of sp³-hybridized carbons (Fsp3) is 0.667. The third-order valence-electron chi connectivity index (χ3n) is 2.66. The number of rotatable bonds is 7. The summed E-state index contributed by atoms with van der Waals surface area (Å²) < 4.78 is 1.97. The van der Waals surface area contributed by atoms with Gasteiger partial charge in [0.05, 0.1) is 11.9 Å². The molecule has 102 valence electrons. The minimum atomic E-state index is -0.120. The summed E-state index contributed by atoms with van der Waals surface area (Å²) >= 11 is 3.30. The number of aromatic nitrogens is 2. The molecule has 0 bridgehead atoms. The Kier molecular flexibility index (Phi) is 6.35. The first-order valence-electron chi connectivity index (χ1n) is 6.20. The van der Waals surface area contributed by atoms with E-state index in [9.17, 15) is 4.79 Å². The maximum absolute atomic E-state index is 12.0. The zero-order valence-corrected chi connectivity index (χ0v) is 12.4. The molecule has 0 aliphatic heterocycles. The summed E-state index contributed by atoms with van der Waals surface area (Å²) in [6, 6.07) is 0. The molecule has 0 aromatic carbocycles. The van der Waals surface area contributed by atoms with Crippen molar-refractivity contribution in [2.75, 3.05) is 18.5 Å². The minimum Gasteiger partial charge on any atom is -0.396 e. The molecule has 0 saturated carbocycles. The molecular weight excluding hydrogens is 298 g/mol. The smallest absolute Gasteiger partial charge is 0.283 e. The topological polar surface area (TPSA) is 67.2 Å². The maximum atomic E-state index is 12.0. The first kappa shape index (κ1) is 15.2. The molecule has 18 heavy (non-hydrogen) atoms. The molecule has 0 spiro atoms. The minimum absolute atomic E-state index is 0.117. The highest BCUT2D eigenvalue weighted by atomic mass is 79.9. The average molecular weight is 318 g/mol. The molecule has 0 radical (unpaired) electrons. The van der Waals surface area contributed by atoms with Crippen LogP contribution in [0.4, 0.5) is 5.69 Å². The van der Waals surface area contributed by atoms with Crippen molar-refractivity contribution < 1.29 is 5.11 Å². The van der Waals surface area contributed by atoms with Gasteiger partial charge in [0.25, 0.3) is 5.56 Å². The summed E-state index contributed by atoms with van der Waals surface area (Å²) in [5.41, 5.74) is 0.554. The van der Waals surface area contributed by atoms with Gasteiger partial charge in [-0.1, -0.05) is 20.3 Å². The summed E-state index contributed by atoms with van der Waals surface area (Å²) in [6.07, 6.45) is 3.61. The molecule has 1 rings (SSSR count). The molecule has 1 unspecified atom stereocenters. The Labute approximate surface area is 115 Å². The van der Waals surface area contributed by atoms with Crippen LogP contribution >= 0.6 is 15.9 Å². The van der Waals surface area contributed by atoms with Crippen LogP contribution < -0.4 is 10.9 Å². The van der Waals surface area contributed by atoms with Crippen molar-refractivity contribution in [2.45, 2.75) is 33.2 Å². The lowest BCUT2D eigenvalue weighted by Crippen LogP contribution is -2.25. The third-order valence-corrected chi connectivity index (χ3v) is 3.43. The molecule has 1 aromatic rings. The Morgan fingerprint density at radius 3 is 2.94 bits per heavy atom. The SMILES string of the molecule is CCCCn1ncc(NCC(C)CO)c(Br)c1=O. The largest absolute Gasteiger partial charge is 0.396 e. The average Bonchev–Trinajstić information content (AvgIpc) is 2.39. The van der Waals surface area contributed by atoms with E-state index < -0.39 is 0 Å². The molecule has 1 atom stereocenters. The maximum Gasteiger partial charge on any atom is 0.283 e. The quantitative estimate of drug-likeness (QED) is 0.805. The zero-order valence-electron chi connectivity index (χ0n) is 10.8. The Morgan fingerprint density at radius 1 is 1.61 bits per heavy atom. The number of aryl methyl sites for hydroxylation is 1. The van der Waals surface area contributed by atoms with Gasteiger partial charge in [-0.05, 0) is 28.3 Å². The molecule has 0 fully saturated rings. The summed E-state index contributed by atoms with van der Waals surface area (Å²) in [7, 11) is 0. The standard InChI is InChI=1S/C12H20BrN3O2/c1-3-4-5-16-12(18)11(13)10(7-15-16)14-6-9(2)8-17/h7,9,14,17H,3-6,8H2,1-2H3. The van der Waals surface area contributed by atoms with Crippen molar-refractivity contribution in [1.82, 2.24) is 9.78 Å². The van der Waals surface area contributed by atoms with E-state index in [1.54, 1.807) is 6.20 Å². The Hall–Kier alpha value is -0.880. The van der Waals surface area contributed by atoms with E-state index in [-0.39, 0.29) is 18.1 Å². The number of anilines is 1. The molecule has 0 aliphatic carbocycles. The van der Waals surface area contributed by atoms with Crippen LogP contribution in [0.1, 0.15) is 26.7 Å². The van der Waals surface area contributed by atoms with E-state index >= 15 is 0 Å². The van der Waals surface area contributed by atoms with Crippen LogP contribution in [0.25, 0.3) is 0 Å². The van der Waals surface area contributed by atoms with Gasteiger partial charge in [0.1, 0.15) is 4.47 Å². The molecule has 0 amide bonds. The van der Waals surface area contributed by atoms with Crippen LogP contribution in [0.3, 0.4) is 0 Å². The Balaban J connectivity index is 2.77. The first-order valence-corrected chi connectivity index (χ1v) is 6.99. The first-order chi connectivity index (χ1) is 8.60. The zero-order chi connectivity index (χ0) is 13.5. The summed E-state index contributed by atoms with van der Waals surface area (Å²) in [4.78, 5) is 12.0. The van der Waals surface area contributed by atoms with E-state index in [2.05, 4.69) is 33.3 Å². The van der Waals surface area contributed by atoms with Gasteiger partial charge >= 0.3 is 0 Å². The van der Waals surface area contributed by atoms with Crippen molar-refractivity contribution in [1.29, 1.82) is 0 Å². The van der Waals surface area contributed by atoms with E-state index in [4.69, 9.17) is 5.11 Å². The van der Waals surface area contributed by atoms with E-state index in [0.717, 1.165) is 12.8 Å². The summed E-state index contributed by atoms with van der Waals surface area (Å²) in [6.45, 7) is 5.37. The van der Waals surface area contributed by atoms with Crippen molar-refractivity contribution in [3.05, 3.63) is 21.0 Å². The lowest BCUT2D eigenvalue weighted by Gasteiger charge is -2.12. The second kappa shape index (κ2) is 7.53. The number of unbranched alkanes of at least 4 members (excludes halogenated alkanes) is 1. The van der Waals surface area contributed by atoms with Crippen LogP contribution in [0.2, 0.25) is 0 Å². The normalized spacial score (nSPS) is 12.4. The molecule has 1 heterocycles. The highest BCUT2D eigenvalue weighted by molar-refractivity contribution is 9.10. The molecular formula is C12H20BrN3O2. The lowest BCUT2D eigenvalue weighted by molar-refractivity contribution is 0.244. The molecule has 6 heteroatoms. The Morgan fingerprint density at radius 2 is 2.33 bits per heavy atom. The molecule has 0 aliphatic rings. The fourth-order valence-electron chi connectivity index (χ4n) is 1.40. The Bertz CT molecular complexity index is 434. The summed E-state index contributed by atoms with van der Waals surface area (Å²) in [5, 5.41) is 16.2. The van der Waals surface area contributed by atoms with E-state index in [1.807, 2.05) is 6.92 Å². The van der Waals surface area contributed by atoms with Crippen LogP contribution in [-0.2, 0) is 6.54 Å². The highest BCUT2D eigenvalue weighted by Gasteiger charge is 2.09. The van der Waals surface area contributed by atoms with E-state index in [0.29, 0.717) is 23.2 Å². The van der Waals surface area contributed by atoms with Crippen molar-refractivity contribution in [2.24, 2.45) is 5.92 Å².